The second kappa shape index (κ2) is 6.33. The minimum Gasteiger partial charge on any atom is -0.373 e. The molecule has 5 nitrogen and oxygen atoms in total. The topological polar surface area (TPSA) is 59.4 Å². The van der Waals surface area contributed by atoms with Crippen LogP contribution < -0.4 is 5.32 Å². The van der Waals surface area contributed by atoms with Gasteiger partial charge in [0.1, 0.15) is 5.82 Å². The van der Waals surface area contributed by atoms with E-state index < -0.39 is 17.8 Å². The number of rotatable bonds is 4. The summed E-state index contributed by atoms with van der Waals surface area (Å²) in [6.45, 7) is -0.255. The van der Waals surface area contributed by atoms with E-state index in [1.807, 2.05) is 0 Å². The molecular formula is C15H13F3N4O. The number of anilines is 2. The van der Waals surface area contributed by atoms with Crippen LogP contribution >= 0.6 is 0 Å². The summed E-state index contributed by atoms with van der Waals surface area (Å²) in [6.07, 6.45) is 1.38. The standard InChI is InChI=1S/C15H13F3N4O/c16-12-3-2-10(22-14-19-4-1-5-20-14)8-11(12)15(13(17)18)9-23-7-6-21-15/h1-6,8,13H,7,9H2,(H,19,20,22)/t15-/m0/s1. The van der Waals surface area contributed by atoms with Crippen LogP contribution in [0.4, 0.5) is 24.8 Å². The molecule has 1 aliphatic heterocycles. The van der Waals surface area contributed by atoms with E-state index in [0.717, 1.165) is 6.07 Å². The second-order valence-corrected chi connectivity index (χ2v) is 4.94. The number of aromatic nitrogens is 2. The highest BCUT2D eigenvalue weighted by Gasteiger charge is 2.45. The van der Waals surface area contributed by atoms with Gasteiger partial charge >= 0.3 is 0 Å². The highest BCUT2D eigenvalue weighted by molar-refractivity contribution is 5.62. The van der Waals surface area contributed by atoms with Crippen LogP contribution in [0.1, 0.15) is 5.56 Å². The van der Waals surface area contributed by atoms with Crippen molar-refractivity contribution in [2.75, 3.05) is 18.5 Å². The Morgan fingerprint density at radius 2 is 2.00 bits per heavy atom. The molecule has 1 N–H and O–H groups in total. The van der Waals surface area contributed by atoms with Crippen LogP contribution in [0.5, 0.6) is 0 Å². The number of nitrogens with one attached hydrogen (secondary N) is 1. The van der Waals surface area contributed by atoms with Crippen LogP contribution in [0.15, 0.2) is 41.7 Å². The van der Waals surface area contributed by atoms with Gasteiger partial charge in [0.05, 0.1) is 13.2 Å². The average molecular weight is 322 g/mol. The number of benzene rings is 1. The molecule has 0 saturated carbocycles. The van der Waals surface area contributed by atoms with Crippen molar-refractivity contribution in [3.05, 3.63) is 48.0 Å². The van der Waals surface area contributed by atoms with Crippen LogP contribution in [0.2, 0.25) is 0 Å². The number of halogens is 3. The molecule has 23 heavy (non-hydrogen) atoms. The summed E-state index contributed by atoms with van der Waals surface area (Å²) in [4.78, 5) is 11.8. The Balaban J connectivity index is 2.00. The first-order chi connectivity index (χ1) is 11.1. The molecule has 1 aliphatic rings. The van der Waals surface area contributed by atoms with Gasteiger partial charge in [-0.2, -0.15) is 0 Å². The zero-order valence-electron chi connectivity index (χ0n) is 11.9. The molecule has 1 aromatic carbocycles. The van der Waals surface area contributed by atoms with E-state index >= 15 is 0 Å². The van der Waals surface area contributed by atoms with E-state index in [1.165, 1.54) is 30.7 Å². The van der Waals surface area contributed by atoms with Crippen molar-refractivity contribution in [1.82, 2.24) is 9.97 Å². The second-order valence-electron chi connectivity index (χ2n) is 4.94. The van der Waals surface area contributed by atoms with Crippen LogP contribution in [-0.4, -0.2) is 35.8 Å². The molecule has 1 aromatic heterocycles. The third kappa shape index (κ3) is 3.02. The number of hydrogen-bond donors (Lipinski definition) is 1. The number of alkyl halides is 2. The molecule has 0 unspecified atom stereocenters. The Kier molecular flexibility index (Phi) is 4.24. The third-order valence-corrected chi connectivity index (χ3v) is 3.45. The molecule has 2 heterocycles. The molecule has 0 amide bonds. The minimum absolute atomic E-state index is 0.131. The average Bonchev–Trinajstić information content (AvgIpc) is 2.58. The summed E-state index contributed by atoms with van der Waals surface area (Å²) in [7, 11) is 0. The van der Waals surface area contributed by atoms with Gasteiger partial charge in [0, 0.05) is 29.9 Å². The minimum atomic E-state index is -2.91. The van der Waals surface area contributed by atoms with Crippen molar-refractivity contribution in [2.24, 2.45) is 4.99 Å². The van der Waals surface area contributed by atoms with Gasteiger partial charge in [-0.05, 0) is 24.3 Å². The molecule has 0 spiro atoms. The zero-order valence-corrected chi connectivity index (χ0v) is 11.9. The first-order valence-electron chi connectivity index (χ1n) is 6.85. The number of ether oxygens (including phenoxy) is 1. The van der Waals surface area contributed by atoms with Crippen molar-refractivity contribution < 1.29 is 17.9 Å². The van der Waals surface area contributed by atoms with Gasteiger partial charge in [-0.1, -0.05) is 0 Å². The maximum atomic E-state index is 14.2. The third-order valence-electron chi connectivity index (χ3n) is 3.45. The van der Waals surface area contributed by atoms with Crippen LogP contribution in [0.3, 0.4) is 0 Å². The van der Waals surface area contributed by atoms with Gasteiger partial charge in [0.25, 0.3) is 6.43 Å². The highest BCUT2D eigenvalue weighted by atomic mass is 19.3. The van der Waals surface area contributed by atoms with Gasteiger partial charge in [0.15, 0.2) is 5.54 Å². The Morgan fingerprint density at radius 1 is 1.22 bits per heavy atom. The lowest BCUT2D eigenvalue weighted by atomic mass is 9.90. The van der Waals surface area contributed by atoms with E-state index in [2.05, 4.69) is 20.3 Å². The van der Waals surface area contributed by atoms with E-state index in [-0.39, 0.29) is 24.7 Å². The van der Waals surface area contributed by atoms with Crippen molar-refractivity contribution in [3.8, 4) is 0 Å². The molecule has 8 heteroatoms. The van der Waals surface area contributed by atoms with Crippen molar-refractivity contribution >= 4 is 17.9 Å². The van der Waals surface area contributed by atoms with Crippen LogP contribution in [-0.2, 0) is 10.3 Å². The SMILES string of the molecule is Fc1ccc(Nc2ncccn2)cc1[C@]1(C(F)F)COCC=N1. The van der Waals surface area contributed by atoms with Crippen molar-refractivity contribution in [2.45, 2.75) is 12.0 Å². The van der Waals surface area contributed by atoms with E-state index in [0.29, 0.717) is 5.69 Å². The van der Waals surface area contributed by atoms with Crippen LogP contribution in [0.25, 0.3) is 0 Å². The zero-order chi connectivity index (χ0) is 16.3. The van der Waals surface area contributed by atoms with Gasteiger partial charge in [-0.3, -0.25) is 4.99 Å². The van der Waals surface area contributed by atoms with Crippen molar-refractivity contribution in [3.63, 3.8) is 0 Å². The van der Waals surface area contributed by atoms with Gasteiger partial charge < -0.3 is 10.1 Å². The Morgan fingerprint density at radius 3 is 2.65 bits per heavy atom. The molecule has 120 valence electrons. The Labute approximate surface area is 130 Å². The monoisotopic (exact) mass is 322 g/mol. The lowest BCUT2D eigenvalue weighted by Gasteiger charge is -2.32. The summed E-state index contributed by atoms with van der Waals surface area (Å²) >= 11 is 0. The summed E-state index contributed by atoms with van der Waals surface area (Å²) in [5.74, 6) is -0.493. The maximum absolute atomic E-state index is 14.2. The first-order valence-corrected chi connectivity index (χ1v) is 6.85. The Hall–Kier alpha value is -2.48. The molecular weight excluding hydrogens is 309 g/mol. The van der Waals surface area contributed by atoms with E-state index in [9.17, 15) is 13.2 Å². The molecule has 0 fully saturated rings. The summed E-state index contributed by atoms with van der Waals surface area (Å²) in [5, 5.41) is 2.84. The highest BCUT2D eigenvalue weighted by Crippen LogP contribution is 2.37. The molecule has 2 aromatic rings. The predicted molar refractivity (Wildman–Crippen MR) is 78.7 cm³/mol. The molecule has 0 aliphatic carbocycles. The lowest BCUT2D eigenvalue weighted by Crippen LogP contribution is -2.41. The lowest BCUT2D eigenvalue weighted by molar-refractivity contribution is -0.0126. The van der Waals surface area contributed by atoms with E-state index in [1.54, 1.807) is 6.07 Å². The fraction of sp³-hybridized carbons (Fsp3) is 0.267. The normalized spacial score (nSPS) is 20.7. The summed E-state index contributed by atoms with van der Waals surface area (Å²) < 4.78 is 46.4. The maximum Gasteiger partial charge on any atom is 0.269 e. The number of aliphatic imine (C=N–C) groups is 1. The first kappa shape index (κ1) is 15.4. The van der Waals surface area contributed by atoms with Crippen molar-refractivity contribution in [1.29, 1.82) is 0 Å². The van der Waals surface area contributed by atoms with Gasteiger partial charge in [-0.15, -0.1) is 0 Å². The van der Waals surface area contributed by atoms with Gasteiger partial charge in [-0.25, -0.2) is 23.1 Å². The van der Waals surface area contributed by atoms with Gasteiger partial charge in [0.2, 0.25) is 5.95 Å². The fourth-order valence-corrected chi connectivity index (χ4v) is 2.32. The van der Waals surface area contributed by atoms with Crippen LogP contribution in [0, 0.1) is 5.82 Å². The molecule has 0 saturated heterocycles. The molecule has 0 radical (unpaired) electrons. The largest absolute Gasteiger partial charge is 0.373 e. The van der Waals surface area contributed by atoms with E-state index in [4.69, 9.17) is 4.74 Å². The summed E-state index contributed by atoms with van der Waals surface area (Å²) in [6, 6.07) is 5.45. The molecule has 0 bridgehead atoms. The molecule has 3 rings (SSSR count). The molecule has 1 atom stereocenters. The quantitative estimate of drug-likeness (QED) is 0.940. The number of hydrogen-bond acceptors (Lipinski definition) is 5. The fourth-order valence-electron chi connectivity index (χ4n) is 2.32. The summed E-state index contributed by atoms with van der Waals surface area (Å²) in [5.41, 5.74) is -1.89. The predicted octanol–water partition coefficient (Wildman–Crippen LogP) is 2.92. The number of nitrogens with zero attached hydrogens (tertiary/aromatic N) is 3. The smallest absolute Gasteiger partial charge is 0.269 e. The Bertz CT molecular complexity index is 711.